The molecule has 0 bridgehead atoms. The molecule has 4 heterocycles. The summed E-state index contributed by atoms with van der Waals surface area (Å²) in [6.45, 7) is 1.29. The van der Waals surface area contributed by atoms with Crippen molar-refractivity contribution in [3.05, 3.63) is 48.5 Å². The molecule has 1 unspecified atom stereocenters. The fraction of sp³-hybridized carbons (Fsp3) is 0.250. The summed E-state index contributed by atoms with van der Waals surface area (Å²) in [5, 5.41) is 17.0. The molecule has 3 aromatic heterocycles. The number of imidazole rings is 1. The van der Waals surface area contributed by atoms with E-state index in [9.17, 15) is 9.90 Å². The lowest BCUT2D eigenvalue weighted by Gasteiger charge is -2.16. The van der Waals surface area contributed by atoms with Crippen LogP contribution in [0.4, 0.5) is 11.5 Å². The number of nitrogens with one attached hydrogen (secondary N) is 1. The van der Waals surface area contributed by atoms with E-state index in [1.807, 2.05) is 17.0 Å². The number of anilines is 2. The Morgan fingerprint density at radius 1 is 1.29 bits per heavy atom. The second-order valence-corrected chi connectivity index (χ2v) is 5.69. The topological polar surface area (TPSA) is 95.7 Å². The fourth-order valence-electron chi connectivity index (χ4n) is 2.77. The number of aromatic nitrogens is 4. The Morgan fingerprint density at radius 2 is 2.21 bits per heavy atom. The van der Waals surface area contributed by atoms with Gasteiger partial charge in [-0.15, -0.1) is 5.10 Å². The summed E-state index contributed by atoms with van der Waals surface area (Å²) < 4.78 is 1.52. The first kappa shape index (κ1) is 14.6. The zero-order valence-electron chi connectivity index (χ0n) is 12.8. The number of hydrogen-bond acceptors (Lipinski definition) is 6. The zero-order valence-corrected chi connectivity index (χ0v) is 12.8. The van der Waals surface area contributed by atoms with Crippen LogP contribution in [-0.2, 0) is 0 Å². The first-order valence-electron chi connectivity index (χ1n) is 7.70. The fourth-order valence-corrected chi connectivity index (χ4v) is 2.77. The third-order valence-corrected chi connectivity index (χ3v) is 3.99. The number of β-amino-alcohol motifs (C(OH)–C–C–N with tert-alkyl or cyclic N) is 1. The van der Waals surface area contributed by atoms with Gasteiger partial charge in [0, 0.05) is 19.3 Å². The van der Waals surface area contributed by atoms with Crippen LogP contribution >= 0.6 is 0 Å². The predicted molar refractivity (Wildman–Crippen MR) is 88.0 cm³/mol. The zero-order chi connectivity index (χ0) is 16.5. The van der Waals surface area contributed by atoms with Crippen molar-refractivity contribution in [2.75, 3.05) is 23.3 Å². The molecule has 1 fully saturated rings. The number of rotatable bonds is 3. The predicted octanol–water partition coefficient (Wildman–Crippen LogP) is 0.948. The SMILES string of the molecule is O=C(Nc1cccnc1)c1cnc2ccc(N3CCC(O)C3)nn12. The third kappa shape index (κ3) is 2.67. The number of nitrogens with zero attached hydrogens (tertiary/aromatic N) is 5. The Bertz CT molecular complexity index is 879. The molecule has 0 aliphatic carbocycles. The van der Waals surface area contributed by atoms with Gasteiger partial charge in [0.05, 0.1) is 24.2 Å². The molecule has 0 saturated carbocycles. The monoisotopic (exact) mass is 324 g/mol. The lowest BCUT2D eigenvalue weighted by molar-refractivity contribution is 0.102. The van der Waals surface area contributed by atoms with Crippen LogP contribution < -0.4 is 10.2 Å². The number of carbonyl (C=O) groups excluding carboxylic acids is 1. The molecule has 1 atom stereocenters. The summed E-state index contributed by atoms with van der Waals surface area (Å²) in [6.07, 6.45) is 5.10. The van der Waals surface area contributed by atoms with Crippen LogP contribution in [0, 0.1) is 0 Å². The minimum absolute atomic E-state index is 0.304. The Morgan fingerprint density at radius 3 is 2.96 bits per heavy atom. The number of aliphatic hydroxyl groups is 1. The molecule has 1 amide bonds. The number of hydrogen-bond donors (Lipinski definition) is 2. The molecule has 2 N–H and O–H groups in total. The van der Waals surface area contributed by atoms with Crippen molar-refractivity contribution in [2.45, 2.75) is 12.5 Å². The summed E-state index contributed by atoms with van der Waals surface area (Å²) in [6, 6.07) is 7.18. The Kier molecular flexibility index (Phi) is 3.58. The van der Waals surface area contributed by atoms with Gasteiger partial charge in [0.2, 0.25) is 0 Å². The van der Waals surface area contributed by atoms with Gasteiger partial charge in [0.25, 0.3) is 5.91 Å². The van der Waals surface area contributed by atoms with Crippen LogP contribution in [0.3, 0.4) is 0 Å². The number of carbonyl (C=O) groups is 1. The maximum Gasteiger partial charge on any atom is 0.276 e. The second kappa shape index (κ2) is 5.89. The van der Waals surface area contributed by atoms with Crippen LogP contribution in [0.1, 0.15) is 16.9 Å². The summed E-state index contributed by atoms with van der Waals surface area (Å²) in [5.74, 6) is 0.411. The summed E-state index contributed by atoms with van der Waals surface area (Å²) in [5.41, 5.74) is 1.54. The van der Waals surface area contributed by atoms with E-state index in [1.165, 1.54) is 10.7 Å². The van der Waals surface area contributed by atoms with E-state index in [1.54, 1.807) is 24.5 Å². The molecule has 8 heteroatoms. The van der Waals surface area contributed by atoms with E-state index >= 15 is 0 Å². The van der Waals surface area contributed by atoms with Crippen molar-refractivity contribution in [3.63, 3.8) is 0 Å². The van der Waals surface area contributed by atoms with E-state index in [4.69, 9.17) is 0 Å². The third-order valence-electron chi connectivity index (χ3n) is 3.99. The van der Waals surface area contributed by atoms with Gasteiger partial charge in [-0.25, -0.2) is 9.50 Å². The Hall–Kier alpha value is -3.00. The number of fused-ring (bicyclic) bond motifs is 1. The minimum atomic E-state index is -0.335. The van der Waals surface area contributed by atoms with Gasteiger partial charge in [-0.2, -0.15) is 0 Å². The molecular formula is C16H16N6O2. The van der Waals surface area contributed by atoms with Gasteiger partial charge >= 0.3 is 0 Å². The minimum Gasteiger partial charge on any atom is -0.391 e. The average molecular weight is 324 g/mol. The normalized spacial score (nSPS) is 17.4. The molecule has 8 nitrogen and oxygen atoms in total. The molecule has 1 aliphatic rings. The molecule has 3 aromatic rings. The van der Waals surface area contributed by atoms with Crippen molar-refractivity contribution in [1.82, 2.24) is 19.6 Å². The molecule has 4 rings (SSSR count). The maximum atomic E-state index is 12.5. The highest BCUT2D eigenvalue weighted by Crippen LogP contribution is 2.19. The maximum absolute atomic E-state index is 12.5. The van der Waals surface area contributed by atoms with Crippen molar-refractivity contribution in [3.8, 4) is 0 Å². The van der Waals surface area contributed by atoms with Gasteiger partial charge in [0.15, 0.2) is 11.3 Å². The van der Waals surface area contributed by atoms with Gasteiger partial charge in [0.1, 0.15) is 5.82 Å². The van der Waals surface area contributed by atoms with Crippen LogP contribution in [0.15, 0.2) is 42.9 Å². The van der Waals surface area contributed by atoms with Crippen LogP contribution in [0.2, 0.25) is 0 Å². The van der Waals surface area contributed by atoms with Crippen LogP contribution in [0.25, 0.3) is 5.65 Å². The first-order chi connectivity index (χ1) is 11.7. The van der Waals surface area contributed by atoms with Crippen LogP contribution in [-0.4, -0.2) is 49.8 Å². The number of amides is 1. The first-order valence-corrected chi connectivity index (χ1v) is 7.70. The van der Waals surface area contributed by atoms with Crippen LogP contribution in [0.5, 0.6) is 0 Å². The van der Waals surface area contributed by atoms with Gasteiger partial charge in [-0.1, -0.05) is 0 Å². The quantitative estimate of drug-likeness (QED) is 0.745. The van der Waals surface area contributed by atoms with Gasteiger partial charge in [-0.05, 0) is 30.7 Å². The Balaban J connectivity index is 1.64. The Labute approximate surface area is 137 Å². The van der Waals surface area contributed by atoms with Crippen molar-refractivity contribution >= 4 is 23.1 Å². The van der Waals surface area contributed by atoms with Crippen molar-refractivity contribution in [1.29, 1.82) is 0 Å². The molecule has 0 aromatic carbocycles. The number of aliphatic hydroxyl groups excluding tert-OH is 1. The highest BCUT2D eigenvalue weighted by Gasteiger charge is 2.22. The van der Waals surface area contributed by atoms with Crippen molar-refractivity contribution < 1.29 is 9.90 Å². The van der Waals surface area contributed by atoms with E-state index in [2.05, 4.69) is 20.4 Å². The molecular weight excluding hydrogens is 308 g/mol. The average Bonchev–Trinajstić information content (AvgIpc) is 3.21. The summed E-state index contributed by atoms with van der Waals surface area (Å²) >= 11 is 0. The summed E-state index contributed by atoms with van der Waals surface area (Å²) in [4.78, 5) is 22.7. The van der Waals surface area contributed by atoms with Crippen molar-refractivity contribution in [2.24, 2.45) is 0 Å². The molecule has 1 saturated heterocycles. The second-order valence-electron chi connectivity index (χ2n) is 5.69. The molecule has 0 spiro atoms. The lowest BCUT2D eigenvalue weighted by Crippen LogP contribution is -2.23. The summed E-state index contributed by atoms with van der Waals surface area (Å²) in [7, 11) is 0. The lowest BCUT2D eigenvalue weighted by atomic mass is 10.3. The van der Waals surface area contributed by atoms with E-state index < -0.39 is 0 Å². The van der Waals surface area contributed by atoms with Gasteiger partial charge < -0.3 is 15.3 Å². The number of pyridine rings is 1. The highest BCUT2D eigenvalue weighted by atomic mass is 16.3. The highest BCUT2D eigenvalue weighted by molar-refractivity contribution is 6.03. The van der Waals surface area contributed by atoms with Gasteiger partial charge in [-0.3, -0.25) is 9.78 Å². The largest absolute Gasteiger partial charge is 0.391 e. The van der Waals surface area contributed by atoms with E-state index in [-0.39, 0.29) is 12.0 Å². The standard InChI is InChI=1S/C16H16N6O2/c23-12-5-7-21(10-12)15-4-3-14-18-9-13(22(14)20-15)16(24)19-11-2-1-6-17-8-11/h1-4,6,8-9,12,23H,5,7,10H2,(H,19,24). The molecule has 1 aliphatic heterocycles. The van der Waals surface area contributed by atoms with E-state index in [0.717, 1.165) is 13.0 Å². The van der Waals surface area contributed by atoms with E-state index in [0.29, 0.717) is 29.4 Å². The molecule has 122 valence electrons. The molecule has 24 heavy (non-hydrogen) atoms. The molecule has 0 radical (unpaired) electrons. The smallest absolute Gasteiger partial charge is 0.276 e.